The standard InChI is InChI=1S/C9H18N2Si/c1-6-9(8-10)11(7-2)12(3,4)5/h6H,7H2,1-5H3/b9-6-. The van der Waals surface area contributed by atoms with Crippen LogP contribution in [0.25, 0.3) is 0 Å². The highest BCUT2D eigenvalue weighted by Crippen LogP contribution is 2.15. The second-order valence-electron chi connectivity index (χ2n) is 3.70. The van der Waals surface area contributed by atoms with Crippen LogP contribution in [0.2, 0.25) is 19.6 Å². The van der Waals surface area contributed by atoms with Gasteiger partial charge in [-0.2, -0.15) is 5.26 Å². The summed E-state index contributed by atoms with van der Waals surface area (Å²) in [6.45, 7) is 11.7. The van der Waals surface area contributed by atoms with Gasteiger partial charge in [0.05, 0.1) is 0 Å². The molecule has 68 valence electrons. The molecule has 0 radical (unpaired) electrons. The zero-order chi connectivity index (χ0) is 9.78. The van der Waals surface area contributed by atoms with Gasteiger partial charge >= 0.3 is 0 Å². The summed E-state index contributed by atoms with van der Waals surface area (Å²) < 4.78 is 2.23. The number of nitriles is 1. The first-order valence-electron chi connectivity index (χ1n) is 4.31. The van der Waals surface area contributed by atoms with Crippen molar-refractivity contribution in [1.29, 1.82) is 5.26 Å². The highest BCUT2D eigenvalue weighted by Gasteiger charge is 2.23. The molecule has 0 saturated heterocycles. The van der Waals surface area contributed by atoms with Gasteiger partial charge in [-0.1, -0.05) is 25.7 Å². The van der Waals surface area contributed by atoms with Gasteiger partial charge in [0.2, 0.25) is 0 Å². The van der Waals surface area contributed by atoms with Crippen LogP contribution in [0.4, 0.5) is 0 Å². The lowest BCUT2D eigenvalue weighted by Crippen LogP contribution is -2.44. The highest BCUT2D eigenvalue weighted by molar-refractivity contribution is 6.73. The fourth-order valence-corrected chi connectivity index (χ4v) is 3.14. The second-order valence-corrected chi connectivity index (χ2v) is 8.58. The molecule has 0 amide bonds. The average Bonchev–Trinajstić information content (AvgIpc) is 1.97. The van der Waals surface area contributed by atoms with E-state index in [1.54, 1.807) is 0 Å². The van der Waals surface area contributed by atoms with Crippen LogP contribution in [0.15, 0.2) is 11.8 Å². The van der Waals surface area contributed by atoms with Crippen molar-refractivity contribution in [2.45, 2.75) is 33.5 Å². The summed E-state index contributed by atoms with van der Waals surface area (Å²) in [4.78, 5) is 0. The van der Waals surface area contributed by atoms with Crippen molar-refractivity contribution in [2.24, 2.45) is 0 Å². The topological polar surface area (TPSA) is 27.0 Å². The van der Waals surface area contributed by atoms with Crippen LogP contribution in [-0.4, -0.2) is 19.3 Å². The molecule has 0 rings (SSSR count). The number of nitrogens with zero attached hydrogens (tertiary/aromatic N) is 2. The number of rotatable bonds is 3. The van der Waals surface area contributed by atoms with E-state index in [0.29, 0.717) is 0 Å². The van der Waals surface area contributed by atoms with Crippen LogP contribution in [-0.2, 0) is 0 Å². The lowest BCUT2D eigenvalue weighted by molar-refractivity contribution is 0.564. The lowest BCUT2D eigenvalue weighted by Gasteiger charge is -2.34. The van der Waals surface area contributed by atoms with Crippen LogP contribution >= 0.6 is 0 Å². The van der Waals surface area contributed by atoms with Crippen LogP contribution < -0.4 is 0 Å². The van der Waals surface area contributed by atoms with Gasteiger partial charge in [0, 0.05) is 6.54 Å². The third kappa shape index (κ3) is 2.71. The summed E-state index contributed by atoms with van der Waals surface area (Å²) in [5.41, 5.74) is 0.816. The molecule has 12 heavy (non-hydrogen) atoms. The zero-order valence-electron chi connectivity index (χ0n) is 8.68. The van der Waals surface area contributed by atoms with Gasteiger partial charge in [-0.3, -0.25) is 0 Å². The molecule has 2 nitrogen and oxygen atoms in total. The molecule has 0 saturated carbocycles. The van der Waals surface area contributed by atoms with Gasteiger partial charge in [-0.15, -0.1) is 0 Å². The minimum atomic E-state index is -1.35. The second kappa shape index (κ2) is 4.32. The SMILES string of the molecule is C/C=C(/C#N)N(CC)[Si](C)(C)C. The molecule has 0 unspecified atom stereocenters. The van der Waals surface area contributed by atoms with Crippen LogP contribution in [0, 0.1) is 11.3 Å². The van der Waals surface area contributed by atoms with Crippen molar-refractivity contribution < 1.29 is 0 Å². The molecule has 0 bridgehead atoms. The van der Waals surface area contributed by atoms with Crippen molar-refractivity contribution in [3.63, 3.8) is 0 Å². The molecule has 0 heterocycles. The van der Waals surface area contributed by atoms with E-state index in [9.17, 15) is 0 Å². The predicted octanol–water partition coefficient (Wildman–Crippen LogP) is 2.57. The van der Waals surface area contributed by atoms with Crippen LogP contribution in [0.5, 0.6) is 0 Å². The van der Waals surface area contributed by atoms with Gasteiger partial charge in [0.1, 0.15) is 20.0 Å². The molecule has 0 aromatic carbocycles. The van der Waals surface area contributed by atoms with E-state index in [0.717, 1.165) is 12.2 Å². The zero-order valence-corrected chi connectivity index (χ0v) is 9.68. The van der Waals surface area contributed by atoms with Crippen molar-refractivity contribution in [2.75, 3.05) is 6.54 Å². The van der Waals surface area contributed by atoms with E-state index in [1.807, 2.05) is 13.0 Å². The fraction of sp³-hybridized carbons (Fsp3) is 0.667. The quantitative estimate of drug-likeness (QED) is 0.495. The summed E-state index contributed by atoms with van der Waals surface area (Å²) in [6.07, 6.45) is 1.89. The third-order valence-electron chi connectivity index (χ3n) is 1.80. The summed E-state index contributed by atoms with van der Waals surface area (Å²) in [5, 5.41) is 8.85. The van der Waals surface area contributed by atoms with Gasteiger partial charge in [0.15, 0.2) is 0 Å². The Bertz CT molecular complexity index is 208. The van der Waals surface area contributed by atoms with E-state index >= 15 is 0 Å². The van der Waals surface area contributed by atoms with Gasteiger partial charge < -0.3 is 4.57 Å². The van der Waals surface area contributed by atoms with Crippen LogP contribution in [0.3, 0.4) is 0 Å². The normalized spacial score (nSPS) is 12.5. The van der Waals surface area contributed by atoms with E-state index in [1.165, 1.54) is 0 Å². The summed E-state index contributed by atoms with van der Waals surface area (Å²) in [6, 6.07) is 2.23. The largest absolute Gasteiger partial charge is 0.390 e. The minimum absolute atomic E-state index is 0.816. The van der Waals surface area contributed by atoms with Gasteiger partial charge in [-0.25, -0.2) is 0 Å². The molecule has 0 spiro atoms. The summed E-state index contributed by atoms with van der Waals surface area (Å²) in [7, 11) is -1.35. The monoisotopic (exact) mass is 182 g/mol. The van der Waals surface area contributed by atoms with Crippen molar-refractivity contribution in [1.82, 2.24) is 4.57 Å². The Balaban J connectivity index is 4.70. The average molecular weight is 182 g/mol. The van der Waals surface area contributed by atoms with E-state index in [-0.39, 0.29) is 0 Å². The van der Waals surface area contributed by atoms with Crippen LogP contribution in [0.1, 0.15) is 13.8 Å². The molecule has 0 aliphatic carbocycles. The number of allylic oxidation sites excluding steroid dienone is 2. The number of hydrogen-bond donors (Lipinski definition) is 0. The Morgan fingerprint density at radius 2 is 2.00 bits per heavy atom. The molecular weight excluding hydrogens is 164 g/mol. The first-order valence-corrected chi connectivity index (χ1v) is 7.76. The smallest absolute Gasteiger partial charge is 0.148 e. The minimum Gasteiger partial charge on any atom is -0.390 e. The van der Waals surface area contributed by atoms with Crippen molar-refractivity contribution in [3.8, 4) is 6.07 Å². The lowest BCUT2D eigenvalue weighted by atomic mass is 10.4. The third-order valence-corrected chi connectivity index (χ3v) is 3.98. The molecule has 0 N–H and O–H groups in total. The van der Waals surface area contributed by atoms with Gasteiger partial charge in [-0.05, 0) is 13.8 Å². The molecule has 0 atom stereocenters. The molecule has 0 aliphatic rings. The molecule has 0 aliphatic heterocycles. The van der Waals surface area contributed by atoms with E-state index in [2.05, 4.69) is 37.2 Å². The maximum atomic E-state index is 8.85. The first-order chi connectivity index (χ1) is 5.47. The predicted molar refractivity (Wildman–Crippen MR) is 55.1 cm³/mol. The highest BCUT2D eigenvalue weighted by atomic mass is 28.3. The summed E-state index contributed by atoms with van der Waals surface area (Å²) >= 11 is 0. The molecule has 0 aromatic rings. The van der Waals surface area contributed by atoms with Crippen molar-refractivity contribution >= 4 is 8.24 Å². The Kier molecular flexibility index (Phi) is 4.05. The van der Waals surface area contributed by atoms with Gasteiger partial charge in [0.25, 0.3) is 0 Å². The molecular formula is C9H18N2Si. The first kappa shape index (κ1) is 11.2. The Labute approximate surface area is 76.6 Å². The Hall–Kier alpha value is -0.753. The molecule has 0 aromatic heterocycles. The maximum Gasteiger partial charge on any atom is 0.148 e. The summed E-state index contributed by atoms with van der Waals surface area (Å²) in [5.74, 6) is 0. The molecule has 3 heteroatoms. The maximum absolute atomic E-state index is 8.85. The van der Waals surface area contributed by atoms with E-state index < -0.39 is 8.24 Å². The van der Waals surface area contributed by atoms with E-state index in [4.69, 9.17) is 5.26 Å². The number of hydrogen-bond acceptors (Lipinski definition) is 2. The fourth-order valence-electron chi connectivity index (χ4n) is 1.29. The molecule has 0 fully saturated rings. The van der Waals surface area contributed by atoms with Crippen molar-refractivity contribution in [3.05, 3.63) is 11.8 Å². The Morgan fingerprint density at radius 3 is 2.08 bits per heavy atom. The Morgan fingerprint density at radius 1 is 1.50 bits per heavy atom.